The van der Waals surface area contributed by atoms with Crippen LogP contribution in [0.5, 0.6) is 0 Å². The number of hydrogen-bond acceptors (Lipinski definition) is 2. The number of carbonyl (C=O) groups is 1. The average molecular weight is 322 g/mol. The van der Waals surface area contributed by atoms with Crippen molar-refractivity contribution in [3.05, 3.63) is 70.8 Å². The van der Waals surface area contributed by atoms with Crippen molar-refractivity contribution >= 4 is 5.91 Å². The van der Waals surface area contributed by atoms with Gasteiger partial charge in [0.1, 0.15) is 0 Å². The van der Waals surface area contributed by atoms with Crippen LogP contribution >= 0.6 is 0 Å². The number of amides is 1. The van der Waals surface area contributed by atoms with Gasteiger partial charge in [0.05, 0.1) is 6.54 Å². The predicted octanol–water partition coefficient (Wildman–Crippen LogP) is 3.57. The van der Waals surface area contributed by atoms with Crippen molar-refractivity contribution in [1.82, 2.24) is 9.80 Å². The van der Waals surface area contributed by atoms with E-state index >= 15 is 0 Å². The summed E-state index contributed by atoms with van der Waals surface area (Å²) in [7, 11) is 3.66. The van der Waals surface area contributed by atoms with E-state index in [1.165, 1.54) is 22.3 Å². The van der Waals surface area contributed by atoms with Crippen LogP contribution in [0.1, 0.15) is 34.7 Å². The SMILES string of the molecule is Cc1ccc(CN(CC(=O)N(C)C)C2CCc3ccccc32)cc1. The molecule has 3 nitrogen and oxygen atoms in total. The number of likely N-dealkylation sites (N-methyl/N-ethyl adjacent to an activating group) is 1. The van der Waals surface area contributed by atoms with Gasteiger partial charge in [-0.15, -0.1) is 0 Å². The molecule has 1 unspecified atom stereocenters. The van der Waals surface area contributed by atoms with Crippen molar-refractivity contribution in [3.8, 4) is 0 Å². The Morgan fingerprint density at radius 2 is 1.79 bits per heavy atom. The van der Waals surface area contributed by atoms with Gasteiger partial charge in [-0.1, -0.05) is 54.1 Å². The molecule has 0 spiro atoms. The Balaban J connectivity index is 1.85. The number of carbonyl (C=O) groups excluding carboxylic acids is 1. The van der Waals surface area contributed by atoms with E-state index in [0.717, 1.165) is 19.4 Å². The molecule has 126 valence electrons. The van der Waals surface area contributed by atoms with E-state index in [-0.39, 0.29) is 5.91 Å². The van der Waals surface area contributed by atoms with Crippen LogP contribution in [0.25, 0.3) is 0 Å². The Kier molecular flexibility index (Phi) is 5.00. The van der Waals surface area contributed by atoms with Crippen LogP contribution in [0, 0.1) is 6.92 Å². The van der Waals surface area contributed by atoms with Crippen LogP contribution in [0.15, 0.2) is 48.5 Å². The van der Waals surface area contributed by atoms with Crippen LogP contribution in [-0.4, -0.2) is 36.3 Å². The number of nitrogens with zero attached hydrogens (tertiary/aromatic N) is 2. The minimum Gasteiger partial charge on any atom is -0.348 e. The Morgan fingerprint density at radius 1 is 1.08 bits per heavy atom. The van der Waals surface area contributed by atoms with Gasteiger partial charge in [0.2, 0.25) is 5.91 Å². The van der Waals surface area contributed by atoms with Crippen LogP contribution in [-0.2, 0) is 17.8 Å². The summed E-state index contributed by atoms with van der Waals surface area (Å²) in [4.78, 5) is 16.4. The highest BCUT2D eigenvalue weighted by Gasteiger charge is 2.29. The fourth-order valence-corrected chi connectivity index (χ4v) is 3.43. The highest BCUT2D eigenvalue weighted by atomic mass is 16.2. The van der Waals surface area contributed by atoms with E-state index in [0.29, 0.717) is 12.6 Å². The molecule has 0 heterocycles. The zero-order valence-corrected chi connectivity index (χ0v) is 14.8. The summed E-state index contributed by atoms with van der Waals surface area (Å²) in [5, 5.41) is 0. The molecule has 1 amide bonds. The summed E-state index contributed by atoms with van der Waals surface area (Å²) >= 11 is 0. The smallest absolute Gasteiger partial charge is 0.236 e. The van der Waals surface area contributed by atoms with E-state index in [2.05, 4.69) is 60.4 Å². The van der Waals surface area contributed by atoms with Gasteiger partial charge in [0.25, 0.3) is 0 Å². The molecule has 0 aliphatic heterocycles. The van der Waals surface area contributed by atoms with E-state index in [9.17, 15) is 4.79 Å². The van der Waals surface area contributed by atoms with E-state index in [1.54, 1.807) is 4.90 Å². The lowest BCUT2D eigenvalue weighted by Gasteiger charge is -2.30. The van der Waals surface area contributed by atoms with E-state index in [1.807, 2.05) is 14.1 Å². The molecule has 3 heteroatoms. The molecule has 0 saturated heterocycles. The van der Waals surface area contributed by atoms with E-state index in [4.69, 9.17) is 0 Å². The number of aryl methyl sites for hydroxylation is 2. The summed E-state index contributed by atoms with van der Waals surface area (Å²) in [6.07, 6.45) is 2.19. The number of rotatable bonds is 5. The average Bonchev–Trinajstić information content (AvgIpc) is 3.00. The van der Waals surface area contributed by atoms with Gasteiger partial charge in [-0.2, -0.15) is 0 Å². The van der Waals surface area contributed by atoms with E-state index < -0.39 is 0 Å². The number of hydrogen-bond donors (Lipinski definition) is 0. The maximum absolute atomic E-state index is 12.4. The Bertz CT molecular complexity index is 706. The first-order valence-electron chi connectivity index (χ1n) is 8.62. The van der Waals surface area contributed by atoms with Gasteiger partial charge in [-0.25, -0.2) is 0 Å². The summed E-state index contributed by atoms with van der Waals surface area (Å²) in [5.74, 6) is 0.159. The number of benzene rings is 2. The molecule has 0 saturated carbocycles. The monoisotopic (exact) mass is 322 g/mol. The van der Waals surface area contributed by atoms with Crippen molar-refractivity contribution in [2.75, 3.05) is 20.6 Å². The highest BCUT2D eigenvalue weighted by Crippen LogP contribution is 2.36. The van der Waals surface area contributed by atoms with Crippen molar-refractivity contribution in [3.63, 3.8) is 0 Å². The molecule has 3 rings (SSSR count). The van der Waals surface area contributed by atoms with Gasteiger partial charge in [-0.05, 0) is 36.5 Å². The fraction of sp³-hybridized carbons (Fsp3) is 0.381. The van der Waals surface area contributed by atoms with Crippen LogP contribution in [0.4, 0.5) is 0 Å². The van der Waals surface area contributed by atoms with Gasteiger partial charge in [0.15, 0.2) is 0 Å². The summed E-state index contributed by atoms with van der Waals surface area (Å²) in [6, 6.07) is 17.6. The van der Waals surface area contributed by atoms with Gasteiger partial charge in [-0.3, -0.25) is 9.69 Å². The summed E-state index contributed by atoms with van der Waals surface area (Å²) in [5.41, 5.74) is 5.34. The lowest BCUT2D eigenvalue weighted by Crippen LogP contribution is -2.38. The van der Waals surface area contributed by atoms with Crippen molar-refractivity contribution in [2.24, 2.45) is 0 Å². The zero-order chi connectivity index (χ0) is 17.1. The Hall–Kier alpha value is -2.13. The first kappa shape index (κ1) is 16.7. The maximum atomic E-state index is 12.4. The summed E-state index contributed by atoms with van der Waals surface area (Å²) in [6.45, 7) is 3.36. The fourth-order valence-electron chi connectivity index (χ4n) is 3.43. The van der Waals surface area contributed by atoms with Crippen LogP contribution < -0.4 is 0 Å². The maximum Gasteiger partial charge on any atom is 0.236 e. The van der Waals surface area contributed by atoms with Crippen LogP contribution in [0.3, 0.4) is 0 Å². The third kappa shape index (κ3) is 3.68. The molecule has 0 radical (unpaired) electrons. The molecule has 0 fully saturated rings. The quantitative estimate of drug-likeness (QED) is 0.840. The highest BCUT2D eigenvalue weighted by molar-refractivity contribution is 5.77. The predicted molar refractivity (Wildman–Crippen MR) is 97.8 cm³/mol. The molecule has 0 bridgehead atoms. The molecular weight excluding hydrogens is 296 g/mol. The largest absolute Gasteiger partial charge is 0.348 e. The lowest BCUT2D eigenvalue weighted by atomic mass is 10.1. The molecule has 1 atom stereocenters. The van der Waals surface area contributed by atoms with Gasteiger partial charge in [0, 0.05) is 26.7 Å². The third-order valence-corrected chi connectivity index (χ3v) is 4.89. The van der Waals surface area contributed by atoms with Crippen molar-refractivity contribution in [1.29, 1.82) is 0 Å². The normalized spacial score (nSPS) is 16.2. The summed E-state index contributed by atoms with van der Waals surface area (Å²) < 4.78 is 0. The van der Waals surface area contributed by atoms with Crippen molar-refractivity contribution in [2.45, 2.75) is 32.4 Å². The Labute approximate surface area is 144 Å². The van der Waals surface area contributed by atoms with Crippen molar-refractivity contribution < 1.29 is 4.79 Å². The van der Waals surface area contributed by atoms with Gasteiger partial charge >= 0.3 is 0 Å². The molecule has 24 heavy (non-hydrogen) atoms. The molecule has 2 aromatic carbocycles. The molecule has 2 aromatic rings. The Morgan fingerprint density at radius 3 is 2.50 bits per heavy atom. The topological polar surface area (TPSA) is 23.6 Å². The lowest BCUT2D eigenvalue weighted by molar-refractivity contribution is -0.130. The molecule has 1 aliphatic carbocycles. The second-order valence-corrected chi connectivity index (χ2v) is 6.93. The third-order valence-electron chi connectivity index (χ3n) is 4.89. The molecule has 1 aliphatic rings. The minimum atomic E-state index is 0.159. The first-order valence-corrected chi connectivity index (χ1v) is 8.62. The minimum absolute atomic E-state index is 0.159. The molecule has 0 N–H and O–H groups in total. The second-order valence-electron chi connectivity index (χ2n) is 6.93. The molecular formula is C21H26N2O. The standard InChI is InChI=1S/C21H26N2O/c1-16-8-10-17(11-9-16)14-23(15-21(24)22(2)3)20-13-12-18-6-4-5-7-19(18)20/h4-11,20H,12-15H2,1-3H3. The second kappa shape index (κ2) is 7.18. The van der Waals surface area contributed by atoms with Gasteiger partial charge < -0.3 is 4.90 Å². The zero-order valence-electron chi connectivity index (χ0n) is 14.8. The first-order chi connectivity index (χ1) is 11.5. The van der Waals surface area contributed by atoms with Crippen LogP contribution in [0.2, 0.25) is 0 Å². The molecule has 0 aromatic heterocycles. The number of fused-ring (bicyclic) bond motifs is 1.